The minimum absolute atomic E-state index is 0.0282. The van der Waals surface area contributed by atoms with Crippen LogP contribution in [0.25, 0.3) is 0 Å². The van der Waals surface area contributed by atoms with Gasteiger partial charge in [-0.3, -0.25) is 0 Å². The molecule has 0 fully saturated rings. The molecule has 0 heterocycles. The average Bonchev–Trinajstić information content (AvgIpc) is 2.74. The van der Waals surface area contributed by atoms with Gasteiger partial charge in [-0.25, -0.2) is 9.18 Å². The predicted molar refractivity (Wildman–Crippen MR) is 151 cm³/mol. The fourth-order valence-corrected chi connectivity index (χ4v) is 5.02. The third-order valence-electron chi connectivity index (χ3n) is 7.08. The van der Waals surface area contributed by atoms with Gasteiger partial charge in [-0.2, -0.15) is 0 Å². The Bertz CT molecular complexity index is 1000. The van der Waals surface area contributed by atoms with Crippen molar-refractivity contribution in [1.29, 1.82) is 0 Å². The molecule has 2 aromatic rings. The topological polar surface area (TPSA) is 38.8 Å². The number of aryl methyl sites for hydroxylation is 2. The normalized spacial score (nSPS) is 13.3. The summed E-state index contributed by atoms with van der Waals surface area (Å²) in [6.07, 6.45) is 0.602. The summed E-state index contributed by atoms with van der Waals surface area (Å²) < 4.78 is 26.5. The molecule has 0 amide bonds. The van der Waals surface area contributed by atoms with Crippen molar-refractivity contribution in [2.45, 2.75) is 99.0 Å². The Labute approximate surface area is 219 Å². The summed E-state index contributed by atoms with van der Waals surface area (Å²) in [5.74, 6) is -0.535. The first-order chi connectivity index (χ1) is 16.5. The van der Waals surface area contributed by atoms with Crippen molar-refractivity contribution in [1.82, 2.24) is 0 Å². The third kappa shape index (κ3) is 7.42. The molecule has 0 aliphatic rings. The van der Waals surface area contributed by atoms with Crippen molar-refractivity contribution in [3.05, 3.63) is 58.9 Å². The highest BCUT2D eigenvalue weighted by Crippen LogP contribution is 2.37. The second kappa shape index (κ2) is 11.9. The van der Waals surface area contributed by atoms with Gasteiger partial charge in [0.1, 0.15) is 11.9 Å². The van der Waals surface area contributed by atoms with Crippen LogP contribution in [0, 0.1) is 25.6 Å². The minimum Gasteiger partial charge on any atom is -0.461 e. The Balaban J connectivity index is 2.41. The van der Waals surface area contributed by atoms with E-state index in [-0.39, 0.29) is 28.8 Å². The van der Waals surface area contributed by atoms with Gasteiger partial charge in [0, 0.05) is 18.0 Å². The molecule has 200 valence electrons. The highest BCUT2D eigenvalue weighted by atomic mass is 28.4. The molecule has 6 heteroatoms. The summed E-state index contributed by atoms with van der Waals surface area (Å²) in [6.45, 7) is 23.2. The largest absolute Gasteiger partial charge is 0.461 e. The minimum atomic E-state index is -1.79. The molecule has 0 saturated carbocycles. The average molecular weight is 516 g/mol. The first-order valence-corrected chi connectivity index (χ1v) is 16.0. The number of carbonyl (C=O) groups is 1. The number of nitrogens with zero attached hydrogens (tertiary/aromatic N) is 1. The van der Waals surface area contributed by atoms with E-state index in [0.717, 1.165) is 17.8 Å². The Morgan fingerprint density at radius 1 is 0.972 bits per heavy atom. The van der Waals surface area contributed by atoms with Gasteiger partial charge in [0.05, 0.1) is 6.10 Å². The van der Waals surface area contributed by atoms with Crippen molar-refractivity contribution in [3.63, 3.8) is 0 Å². The zero-order valence-corrected chi connectivity index (χ0v) is 25.2. The number of rotatable bonds is 10. The number of anilines is 2. The van der Waals surface area contributed by atoms with Gasteiger partial charge in [-0.15, -0.1) is 0 Å². The second-order valence-electron chi connectivity index (χ2n) is 12.0. The van der Waals surface area contributed by atoms with Crippen LogP contribution in [-0.4, -0.2) is 33.0 Å². The molecule has 1 atom stereocenters. The second-order valence-corrected chi connectivity index (χ2v) is 16.8. The lowest BCUT2D eigenvalue weighted by atomic mass is 9.99. The lowest BCUT2D eigenvalue weighted by molar-refractivity contribution is -0.149. The van der Waals surface area contributed by atoms with Crippen molar-refractivity contribution in [2.75, 3.05) is 11.5 Å². The molecule has 0 aliphatic carbocycles. The van der Waals surface area contributed by atoms with Crippen LogP contribution in [0.2, 0.25) is 18.1 Å². The first kappa shape index (κ1) is 30.0. The molecule has 0 saturated heterocycles. The summed E-state index contributed by atoms with van der Waals surface area (Å²) >= 11 is 0. The van der Waals surface area contributed by atoms with Crippen molar-refractivity contribution < 1.29 is 18.3 Å². The van der Waals surface area contributed by atoms with E-state index in [1.807, 2.05) is 44.7 Å². The van der Waals surface area contributed by atoms with Crippen molar-refractivity contribution >= 4 is 25.7 Å². The van der Waals surface area contributed by atoms with Gasteiger partial charge in [-0.1, -0.05) is 46.8 Å². The molecule has 0 N–H and O–H groups in total. The number of halogens is 1. The smallest absolute Gasteiger partial charge is 0.329 e. The number of benzene rings is 2. The SMILES string of the molecule is Cc1cc(N(c2ccc(CCO[Si](C)(C)C(C)(C)C)cc2)C(C(=O)OC(C)C)C(C)C)cc(C)c1F. The fourth-order valence-electron chi connectivity index (χ4n) is 3.97. The van der Waals surface area contributed by atoms with Crippen LogP contribution in [0.3, 0.4) is 0 Å². The van der Waals surface area contributed by atoms with Gasteiger partial charge in [0.15, 0.2) is 8.32 Å². The van der Waals surface area contributed by atoms with Crippen LogP contribution in [0.1, 0.15) is 65.2 Å². The fraction of sp³-hybridized carbons (Fsp3) is 0.567. The molecule has 1 unspecified atom stereocenters. The predicted octanol–water partition coefficient (Wildman–Crippen LogP) is 8.12. The molecule has 2 rings (SSSR count). The summed E-state index contributed by atoms with van der Waals surface area (Å²) in [7, 11) is -1.79. The molecule has 0 radical (unpaired) electrons. The molecule has 0 aromatic heterocycles. The summed E-state index contributed by atoms with van der Waals surface area (Å²) in [4.78, 5) is 15.2. The van der Waals surface area contributed by atoms with Crippen molar-refractivity contribution in [3.8, 4) is 0 Å². The highest BCUT2D eigenvalue weighted by Gasteiger charge is 2.37. The monoisotopic (exact) mass is 515 g/mol. The first-order valence-electron chi connectivity index (χ1n) is 13.0. The summed E-state index contributed by atoms with van der Waals surface area (Å²) in [6, 6.07) is 11.3. The van der Waals surface area contributed by atoms with E-state index in [1.165, 1.54) is 5.56 Å². The quantitative estimate of drug-likeness (QED) is 0.237. The van der Waals surface area contributed by atoms with E-state index in [0.29, 0.717) is 17.7 Å². The van der Waals surface area contributed by atoms with Crippen LogP contribution < -0.4 is 4.90 Å². The van der Waals surface area contributed by atoms with E-state index in [4.69, 9.17) is 9.16 Å². The summed E-state index contributed by atoms with van der Waals surface area (Å²) in [5, 5.41) is 0.180. The number of carbonyl (C=O) groups excluding carboxylic acids is 1. The molecular formula is C30H46FNO3Si. The lowest BCUT2D eigenvalue weighted by Gasteiger charge is -2.36. The Morgan fingerprint density at radius 2 is 1.50 bits per heavy atom. The van der Waals surface area contributed by atoms with Crippen LogP contribution in [0.15, 0.2) is 36.4 Å². The zero-order valence-electron chi connectivity index (χ0n) is 24.2. The molecule has 2 aromatic carbocycles. The Hall–Kier alpha value is -2.18. The highest BCUT2D eigenvalue weighted by molar-refractivity contribution is 6.74. The number of esters is 1. The molecule has 0 aliphatic heterocycles. The van der Waals surface area contributed by atoms with Crippen LogP contribution in [0.4, 0.5) is 15.8 Å². The van der Waals surface area contributed by atoms with Gasteiger partial charge in [0.2, 0.25) is 0 Å². The van der Waals surface area contributed by atoms with Crippen LogP contribution >= 0.6 is 0 Å². The Morgan fingerprint density at radius 3 is 1.94 bits per heavy atom. The van der Waals surface area contributed by atoms with Crippen molar-refractivity contribution in [2.24, 2.45) is 5.92 Å². The number of ether oxygens (including phenoxy) is 1. The van der Waals surface area contributed by atoms with Gasteiger partial charge in [0.25, 0.3) is 0 Å². The zero-order chi connectivity index (χ0) is 27.4. The molecule has 0 bridgehead atoms. The number of hydrogen-bond acceptors (Lipinski definition) is 4. The van der Waals surface area contributed by atoms with Crippen LogP contribution in [0.5, 0.6) is 0 Å². The maximum absolute atomic E-state index is 14.5. The van der Waals surface area contributed by atoms with E-state index < -0.39 is 14.4 Å². The van der Waals surface area contributed by atoms with E-state index >= 15 is 0 Å². The molecule has 4 nitrogen and oxygen atoms in total. The number of hydrogen-bond donors (Lipinski definition) is 0. The van der Waals surface area contributed by atoms with Gasteiger partial charge >= 0.3 is 5.97 Å². The standard InChI is InChI=1S/C30H46FNO3Si/c1-20(2)28(29(33)35-21(3)4)32(26-18-22(5)27(31)23(6)19-26)25-14-12-24(13-15-25)16-17-34-36(10,11)30(7,8)9/h12-15,18-21,28H,16-17H2,1-11H3. The van der Waals surface area contributed by atoms with E-state index in [9.17, 15) is 9.18 Å². The van der Waals surface area contributed by atoms with E-state index in [1.54, 1.807) is 26.0 Å². The third-order valence-corrected chi connectivity index (χ3v) is 11.6. The van der Waals surface area contributed by atoms with Gasteiger partial charge in [-0.05, 0) is 99.1 Å². The maximum Gasteiger partial charge on any atom is 0.329 e. The Kier molecular flexibility index (Phi) is 9.94. The van der Waals surface area contributed by atoms with Crippen LogP contribution in [-0.2, 0) is 20.4 Å². The molecule has 36 heavy (non-hydrogen) atoms. The molecular weight excluding hydrogens is 469 g/mol. The van der Waals surface area contributed by atoms with E-state index in [2.05, 4.69) is 46.0 Å². The lowest BCUT2D eigenvalue weighted by Crippen LogP contribution is -2.44. The van der Waals surface area contributed by atoms with Gasteiger partial charge < -0.3 is 14.1 Å². The maximum atomic E-state index is 14.5. The summed E-state index contributed by atoms with van der Waals surface area (Å²) in [5.41, 5.74) is 3.92. The molecule has 0 spiro atoms.